The van der Waals surface area contributed by atoms with E-state index in [1.54, 1.807) is 4.90 Å². The van der Waals surface area contributed by atoms with Crippen LogP contribution in [0, 0.1) is 0 Å². The monoisotopic (exact) mass is 344 g/mol. The van der Waals surface area contributed by atoms with Crippen molar-refractivity contribution in [2.24, 2.45) is 0 Å². The van der Waals surface area contributed by atoms with Gasteiger partial charge in [-0.05, 0) is 38.5 Å². The van der Waals surface area contributed by atoms with E-state index in [1.165, 1.54) is 6.07 Å². The summed E-state index contributed by atoms with van der Waals surface area (Å²) in [4.78, 5) is 47.6. The van der Waals surface area contributed by atoms with Crippen LogP contribution in [-0.4, -0.2) is 57.3 Å². The molecule has 7 heteroatoms. The Labute approximate surface area is 146 Å². The molecule has 0 spiro atoms. The highest BCUT2D eigenvalue weighted by Gasteiger charge is 2.31. The van der Waals surface area contributed by atoms with Gasteiger partial charge in [-0.2, -0.15) is 0 Å². The Hall–Kier alpha value is -2.18. The van der Waals surface area contributed by atoms with E-state index in [0.29, 0.717) is 31.3 Å². The van der Waals surface area contributed by atoms with E-state index in [0.717, 1.165) is 45.1 Å². The highest BCUT2D eigenvalue weighted by Crippen LogP contribution is 2.37. The van der Waals surface area contributed by atoms with Crippen molar-refractivity contribution in [3.8, 4) is 0 Å². The van der Waals surface area contributed by atoms with Crippen LogP contribution in [0.2, 0.25) is 0 Å². The summed E-state index contributed by atoms with van der Waals surface area (Å²) in [7, 11) is 0. The quantitative estimate of drug-likeness (QED) is 0.894. The third-order valence-corrected chi connectivity index (χ3v) is 5.48. The van der Waals surface area contributed by atoms with Crippen molar-refractivity contribution in [2.45, 2.75) is 56.9 Å². The molecule has 2 aliphatic heterocycles. The third kappa shape index (κ3) is 3.45. The Morgan fingerprint density at radius 3 is 2.64 bits per heavy atom. The zero-order valence-corrected chi connectivity index (χ0v) is 14.4. The fourth-order valence-electron chi connectivity index (χ4n) is 3.95. The van der Waals surface area contributed by atoms with Crippen molar-refractivity contribution in [3.63, 3.8) is 0 Å². The topological polar surface area (TPSA) is 86.4 Å². The highest BCUT2D eigenvalue weighted by molar-refractivity contribution is 5.92. The van der Waals surface area contributed by atoms with Gasteiger partial charge in [0, 0.05) is 44.1 Å². The maximum absolute atomic E-state index is 12.8. The molecule has 7 nitrogen and oxygen atoms in total. The molecule has 0 aromatic carbocycles. The molecular weight excluding hydrogens is 320 g/mol. The SMILES string of the molecule is O=C(c1cc(=O)[nH]c(C2CC2)n1)N1CCCC(N2CCCC2=O)CC1. The lowest BCUT2D eigenvalue weighted by Crippen LogP contribution is -2.38. The van der Waals surface area contributed by atoms with Crippen molar-refractivity contribution >= 4 is 11.8 Å². The van der Waals surface area contributed by atoms with E-state index >= 15 is 0 Å². The second kappa shape index (κ2) is 6.61. The predicted molar refractivity (Wildman–Crippen MR) is 91.3 cm³/mol. The summed E-state index contributed by atoms with van der Waals surface area (Å²) in [5, 5.41) is 0. The van der Waals surface area contributed by atoms with Gasteiger partial charge < -0.3 is 14.8 Å². The van der Waals surface area contributed by atoms with Crippen molar-refractivity contribution in [3.05, 3.63) is 27.9 Å². The molecule has 1 atom stereocenters. The third-order valence-electron chi connectivity index (χ3n) is 5.48. The van der Waals surface area contributed by atoms with Crippen molar-refractivity contribution in [2.75, 3.05) is 19.6 Å². The molecule has 1 unspecified atom stereocenters. The summed E-state index contributed by atoms with van der Waals surface area (Å²) < 4.78 is 0. The lowest BCUT2D eigenvalue weighted by Gasteiger charge is -2.26. The number of aromatic nitrogens is 2. The van der Waals surface area contributed by atoms with Gasteiger partial charge in [0.1, 0.15) is 11.5 Å². The normalized spacial score (nSPS) is 24.5. The molecule has 25 heavy (non-hydrogen) atoms. The first-order valence-corrected chi connectivity index (χ1v) is 9.32. The number of rotatable bonds is 3. The second-order valence-electron chi connectivity index (χ2n) is 7.36. The molecule has 4 rings (SSSR count). The molecule has 1 N–H and O–H groups in total. The van der Waals surface area contributed by atoms with Gasteiger partial charge in [0.05, 0.1) is 0 Å². The molecule has 2 amide bonds. The number of amides is 2. The predicted octanol–water partition coefficient (Wildman–Crippen LogP) is 1.26. The van der Waals surface area contributed by atoms with Crippen molar-refractivity contribution in [1.29, 1.82) is 0 Å². The number of nitrogens with zero attached hydrogens (tertiary/aromatic N) is 3. The number of carbonyl (C=O) groups is 2. The van der Waals surface area contributed by atoms with Gasteiger partial charge in [-0.25, -0.2) is 4.98 Å². The Kier molecular flexibility index (Phi) is 4.31. The van der Waals surface area contributed by atoms with Gasteiger partial charge in [-0.3, -0.25) is 14.4 Å². The number of nitrogens with one attached hydrogen (secondary N) is 1. The van der Waals surface area contributed by atoms with Gasteiger partial charge in [0.15, 0.2) is 0 Å². The fourth-order valence-corrected chi connectivity index (χ4v) is 3.95. The number of hydrogen-bond acceptors (Lipinski definition) is 4. The maximum atomic E-state index is 12.8. The maximum Gasteiger partial charge on any atom is 0.272 e. The van der Waals surface area contributed by atoms with E-state index in [-0.39, 0.29) is 29.1 Å². The lowest BCUT2D eigenvalue weighted by molar-refractivity contribution is -0.129. The number of hydrogen-bond donors (Lipinski definition) is 1. The van der Waals surface area contributed by atoms with Gasteiger partial charge >= 0.3 is 0 Å². The lowest BCUT2D eigenvalue weighted by atomic mass is 10.1. The molecule has 3 fully saturated rings. The number of likely N-dealkylation sites (tertiary alicyclic amines) is 2. The minimum absolute atomic E-state index is 0.165. The zero-order valence-electron chi connectivity index (χ0n) is 14.4. The highest BCUT2D eigenvalue weighted by atomic mass is 16.2. The van der Waals surface area contributed by atoms with Crippen LogP contribution < -0.4 is 5.56 Å². The first-order chi connectivity index (χ1) is 12.1. The molecule has 1 aromatic rings. The zero-order chi connectivity index (χ0) is 17.4. The first-order valence-electron chi connectivity index (χ1n) is 9.32. The fraction of sp³-hybridized carbons (Fsp3) is 0.667. The van der Waals surface area contributed by atoms with Crippen LogP contribution >= 0.6 is 0 Å². The van der Waals surface area contributed by atoms with E-state index in [2.05, 4.69) is 9.97 Å². The Bertz CT molecular complexity index is 740. The van der Waals surface area contributed by atoms with Crippen LogP contribution in [0.3, 0.4) is 0 Å². The van der Waals surface area contributed by atoms with Gasteiger partial charge in [0.2, 0.25) is 5.91 Å². The minimum Gasteiger partial charge on any atom is -0.340 e. The van der Waals surface area contributed by atoms with Crippen LogP contribution in [0.15, 0.2) is 10.9 Å². The van der Waals surface area contributed by atoms with Gasteiger partial charge in [-0.1, -0.05) is 0 Å². The van der Waals surface area contributed by atoms with Crippen LogP contribution in [0.4, 0.5) is 0 Å². The Balaban J connectivity index is 1.46. The minimum atomic E-state index is -0.254. The summed E-state index contributed by atoms with van der Waals surface area (Å²) in [6.07, 6.45) is 6.25. The molecular formula is C18H24N4O3. The van der Waals surface area contributed by atoms with E-state index < -0.39 is 0 Å². The molecule has 1 aliphatic carbocycles. The van der Waals surface area contributed by atoms with Crippen LogP contribution in [0.1, 0.15) is 67.2 Å². The number of H-pyrrole nitrogens is 1. The Morgan fingerprint density at radius 2 is 1.92 bits per heavy atom. The molecule has 2 saturated heterocycles. The van der Waals surface area contributed by atoms with Crippen molar-refractivity contribution in [1.82, 2.24) is 19.8 Å². The van der Waals surface area contributed by atoms with Gasteiger partial charge in [0.25, 0.3) is 11.5 Å². The van der Waals surface area contributed by atoms with Crippen LogP contribution in [0.5, 0.6) is 0 Å². The van der Waals surface area contributed by atoms with E-state index in [9.17, 15) is 14.4 Å². The molecule has 1 saturated carbocycles. The second-order valence-corrected chi connectivity index (χ2v) is 7.36. The largest absolute Gasteiger partial charge is 0.340 e. The van der Waals surface area contributed by atoms with Gasteiger partial charge in [-0.15, -0.1) is 0 Å². The van der Waals surface area contributed by atoms with Crippen molar-refractivity contribution < 1.29 is 9.59 Å². The average molecular weight is 344 g/mol. The summed E-state index contributed by atoms with van der Waals surface area (Å²) in [5.74, 6) is 1.03. The van der Waals surface area contributed by atoms with E-state index in [4.69, 9.17) is 0 Å². The van der Waals surface area contributed by atoms with E-state index in [1.807, 2.05) is 4.90 Å². The van der Waals surface area contributed by atoms with Crippen LogP contribution in [-0.2, 0) is 4.79 Å². The van der Waals surface area contributed by atoms with Crippen LogP contribution in [0.25, 0.3) is 0 Å². The summed E-state index contributed by atoms with van der Waals surface area (Å²) >= 11 is 0. The summed E-state index contributed by atoms with van der Waals surface area (Å²) in [6.45, 7) is 2.11. The number of aromatic amines is 1. The average Bonchev–Trinajstić information content (AvgIpc) is 3.40. The Morgan fingerprint density at radius 1 is 1.08 bits per heavy atom. The molecule has 0 bridgehead atoms. The molecule has 134 valence electrons. The first kappa shape index (κ1) is 16.3. The molecule has 3 heterocycles. The number of carbonyl (C=O) groups excluding carboxylic acids is 2. The summed E-state index contributed by atoms with van der Waals surface area (Å²) in [5.41, 5.74) is -0.00281. The molecule has 1 aromatic heterocycles. The molecule has 3 aliphatic rings. The standard InChI is InChI=1S/C18H24N4O3/c23-15-11-14(19-17(20-15)12-5-6-12)18(25)21-8-1-3-13(7-10-21)22-9-2-4-16(22)24/h11-13H,1-10H2,(H,19,20,23). The molecule has 0 radical (unpaired) electrons. The smallest absolute Gasteiger partial charge is 0.272 e. The summed E-state index contributed by atoms with van der Waals surface area (Å²) in [6, 6.07) is 1.54.